The molecule has 0 radical (unpaired) electrons. The molecule has 44 heavy (non-hydrogen) atoms. The molecule has 4 aromatic carbocycles. The van der Waals surface area contributed by atoms with Crippen LogP contribution >= 0.6 is 11.3 Å². The van der Waals surface area contributed by atoms with Crippen LogP contribution in [0.25, 0.3) is 44.0 Å². The Balaban J connectivity index is 1.22. The number of aromatic nitrogens is 1. The number of hydrogen-bond donors (Lipinski definition) is 1. The van der Waals surface area contributed by atoms with Gasteiger partial charge in [0.2, 0.25) is 0 Å². The van der Waals surface area contributed by atoms with E-state index in [0.717, 1.165) is 17.7 Å². The Labute approximate surface area is 264 Å². The number of thiophene rings is 1. The molecule has 0 saturated carbocycles. The van der Waals surface area contributed by atoms with E-state index in [1.807, 2.05) is 29.7 Å². The molecular formula is C41H36N2S. The van der Waals surface area contributed by atoms with Crippen molar-refractivity contribution >= 4 is 49.7 Å². The molecule has 0 saturated heterocycles. The highest BCUT2D eigenvalue weighted by Gasteiger charge is 2.16. The number of benzene rings is 4. The summed E-state index contributed by atoms with van der Waals surface area (Å²) in [6.45, 7) is 4.34. The van der Waals surface area contributed by atoms with E-state index >= 15 is 0 Å². The second kappa shape index (κ2) is 13.9. The molecule has 0 fully saturated rings. The monoisotopic (exact) mass is 588 g/mol. The Morgan fingerprint density at radius 3 is 2.18 bits per heavy atom. The first-order valence-electron chi connectivity index (χ1n) is 15.1. The molecule has 2 nitrogen and oxygen atoms in total. The molecule has 0 atom stereocenters. The molecule has 1 N–H and O–H groups in total. The second-order valence-corrected chi connectivity index (χ2v) is 11.7. The van der Waals surface area contributed by atoms with Crippen molar-refractivity contribution < 1.29 is 0 Å². The molecule has 0 spiro atoms. The first-order valence-corrected chi connectivity index (χ1v) is 15.9. The van der Waals surface area contributed by atoms with Crippen molar-refractivity contribution in [3.8, 4) is 5.69 Å². The molecule has 6 aromatic rings. The van der Waals surface area contributed by atoms with Crippen LogP contribution in [0.4, 0.5) is 0 Å². The van der Waals surface area contributed by atoms with Crippen molar-refractivity contribution in [2.75, 3.05) is 0 Å². The van der Waals surface area contributed by atoms with Gasteiger partial charge in [-0.05, 0) is 72.0 Å². The number of fused-ring (bicyclic) bond motifs is 3. The van der Waals surface area contributed by atoms with Gasteiger partial charge in [-0.25, -0.2) is 0 Å². The minimum absolute atomic E-state index is 0.961. The summed E-state index contributed by atoms with van der Waals surface area (Å²) < 4.78 is 3.72. The van der Waals surface area contributed by atoms with Crippen LogP contribution in [-0.2, 0) is 0 Å². The number of nitrogens with zero attached hydrogens (tertiary/aromatic N) is 1. The average molecular weight is 589 g/mol. The summed E-state index contributed by atoms with van der Waals surface area (Å²) in [5.74, 6) is 0. The van der Waals surface area contributed by atoms with Crippen molar-refractivity contribution in [3.05, 3.63) is 180 Å². The summed E-state index contributed by atoms with van der Waals surface area (Å²) in [4.78, 5) is 1.31. The molecule has 2 aromatic heterocycles. The lowest BCUT2D eigenvalue weighted by molar-refractivity contribution is 1.06. The van der Waals surface area contributed by atoms with E-state index in [0.29, 0.717) is 0 Å². The van der Waals surface area contributed by atoms with Crippen molar-refractivity contribution in [1.29, 1.82) is 0 Å². The van der Waals surface area contributed by atoms with Gasteiger partial charge in [0.1, 0.15) is 0 Å². The SMILES string of the molecule is CC/C(=C\C=C(/C)N/C=C/C=C(\C=C/c1ccccc1)c1ccccc1)c1cc2c(s1)c1ccccc1n2-c1ccccc1. The van der Waals surface area contributed by atoms with E-state index in [-0.39, 0.29) is 0 Å². The van der Waals surface area contributed by atoms with Crippen LogP contribution in [0.2, 0.25) is 0 Å². The van der Waals surface area contributed by atoms with Crippen molar-refractivity contribution in [2.45, 2.75) is 20.3 Å². The van der Waals surface area contributed by atoms with Gasteiger partial charge in [-0.1, -0.05) is 128 Å². The lowest BCUT2D eigenvalue weighted by Crippen LogP contribution is -1.99. The van der Waals surface area contributed by atoms with E-state index in [9.17, 15) is 0 Å². The summed E-state index contributed by atoms with van der Waals surface area (Å²) in [5, 5.41) is 4.74. The van der Waals surface area contributed by atoms with Crippen molar-refractivity contribution in [1.82, 2.24) is 9.88 Å². The highest BCUT2D eigenvalue weighted by molar-refractivity contribution is 7.21. The van der Waals surface area contributed by atoms with Gasteiger partial charge in [-0.15, -0.1) is 11.3 Å². The van der Waals surface area contributed by atoms with Crippen LogP contribution in [0.5, 0.6) is 0 Å². The van der Waals surface area contributed by atoms with Crippen LogP contribution in [0.1, 0.15) is 36.3 Å². The number of hydrogen-bond acceptors (Lipinski definition) is 2. The summed E-state index contributed by atoms with van der Waals surface area (Å²) in [7, 11) is 0. The molecule has 3 heteroatoms. The standard InChI is InChI=1S/C41H36N2S/c1-3-33(40-30-39-41(44-40)37-23-13-14-24-38(37)43(39)36-21-11-6-12-22-36)27-25-31(2)42-29-15-20-35(34-18-9-5-10-19-34)28-26-32-16-7-4-8-17-32/h4-30,42H,3H2,1-2H3/b28-26-,29-15+,31-25+,33-27+,35-20+. The Kier molecular flexibility index (Phi) is 9.15. The molecule has 216 valence electrons. The molecule has 0 bridgehead atoms. The van der Waals surface area contributed by atoms with Crippen LogP contribution in [-0.4, -0.2) is 4.57 Å². The van der Waals surface area contributed by atoms with Crippen molar-refractivity contribution in [3.63, 3.8) is 0 Å². The fourth-order valence-corrected chi connectivity index (χ4v) is 6.62. The van der Waals surface area contributed by atoms with E-state index in [4.69, 9.17) is 0 Å². The molecule has 6 rings (SSSR count). The Morgan fingerprint density at radius 1 is 0.750 bits per heavy atom. The first kappa shape index (κ1) is 29.0. The maximum Gasteiger partial charge on any atom is 0.0655 e. The molecule has 0 amide bonds. The zero-order valence-corrected chi connectivity index (χ0v) is 26.0. The zero-order chi connectivity index (χ0) is 30.1. The predicted octanol–water partition coefficient (Wildman–Crippen LogP) is 11.4. The summed E-state index contributed by atoms with van der Waals surface area (Å²) >= 11 is 1.89. The lowest BCUT2D eigenvalue weighted by Gasteiger charge is -2.07. The van der Waals surface area contributed by atoms with E-state index < -0.39 is 0 Å². The average Bonchev–Trinajstić information content (AvgIpc) is 3.63. The van der Waals surface area contributed by atoms with Crippen molar-refractivity contribution in [2.24, 2.45) is 0 Å². The lowest BCUT2D eigenvalue weighted by atomic mass is 10.0. The molecule has 0 aliphatic carbocycles. The van der Waals surface area contributed by atoms with E-state index in [2.05, 4.69) is 169 Å². The number of rotatable bonds is 10. The van der Waals surface area contributed by atoms with Gasteiger partial charge in [-0.2, -0.15) is 0 Å². The van der Waals surface area contributed by atoms with E-state index in [1.165, 1.54) is 48.4 Å². The van der Waals surface area contributed by atoms with Gasteiger partial charge >= 0.3 is 0 Å². The first-order chi connectivity index (χ1) is 21.7. The Bertz CT molecular complexity index is 2000. The molecule has 2 heterocycles. The van der Waals surface area contributed by atoms with Crippen LogP contribution < -0.4 is 5.32 Å². The third kappa shape index (κ3) is 6.59. The maximum atomic E-state index is 3.44. The number of nitrogens with one attached hydrogen (secondary N) is 1. The van der Waals surface area contributed by atoms with Gasteiger partial charge in [0, 0.05) is 27.8 Å². The Hall–Kier alpha value is -5.12. The molecular weight excluding hydrogens is 553 g/mol. The smallest absolute Gasteiger partial charge is 0.0655 e. The molecule has 0 aliphatic heterocycles. The van der Waals surface area contributed by atoms with Gasteiger partial charge in [0.15, 0.2) is 0 Å². The summed E-state index contributed by atoms with van der Waals surface area (Å²) in [5.41, 5.74) is 9.64. The highest BCUT2D eigenvalue weighted by Crippen LogP contribution is 2.40. The third-order valence-electron chi connectivity index (χ3n) is 7.63. The zero-order valence-electron chi connectivity index (χ0n) is 25.2. The van der Waals surface area contributed by atoms with Gasteiger partial charge in [-0.3, -0.25) is 0 Å². The topological polar surface area (TPSA) is 17.0 Å². The predicted molar refractivity (Wildman–Crippen MR) is 193 cm³/mol. The summed E-state index contributed by atoms with van der Waals surface area (Å²) in [6, 6.07) is 42.6. The fourth-order valence-electron chi connectivity index (χ4n) is 5.35. The highest BCUT2D eigenvalue weighted by atomic mass is 32.1. The number of allylic oxidation sites excluding steroid dienone is 8. The second-order valence-electron chi connectivity index (χ2n) is 10.6. The Morgan fingerprint density at radius 2 is 1.43 bits per heavy atom. The fraction of sp³-hybridized carbons (Fsp3) is 0.0732. The van der Waals surface area contributed by atoms with Crippen LogP contribution in [0.15, 0.2) is 164 Å². The van der Waals surface area contributed by atoms with Crippen LogP contribution in [0.3, 0.4) is 0 Å². The largest absolute Gasteiger partial charge is 0.365 e. The number of para-hydroxylation sites is 2. The van der Waals surface area contributed by atoms with E-state index in [1.54, 1.807) is 0 Å². The van der Waals surface area contributed by atoms with Crippen LogP contribution in [0, 0.1) is 0 Å². The molecule has 0 aliphatic rings. The summed E-state index contributed by atoms with van der Waals surface area (Å²) in [6.07, 6.45) is 15.9. The quantitative estimate of drug-likeness (QED) is 0.158. The third-order valence-corrected chi connectivity index (χ3v) is 8.87. The van der Waals surface area contributed by atoms with Gasteiger partial charge < -0.3 is 9.88 Å². The van der Waals surface area contributed by atoms with Gasteiger partial charge in [0.25, 0.3) is 0 Å². The normalized spacial score (nSPS) is 13.1. The minimum Gasteiger partial charge on any atom is -0.365 e. The van der Waals surface area contributed by atoms with Gasteiger partial charge in [0.05, 0.1) is 15.7 Å². The maximum absolute atomic E-state index is 3.44. The molecule has 0 unspecified atom stereocenters. The minimum atomic E-state index is 0.961.